The molecule has 0 amide bonds. The highest BCUT2D eigenvalue weighted by molar-refractivity contribution is 9.11. The van der Waals surface area contributed by atoms with Crippen LogP contribution in [0.4, 0.5) is 0 Å². The van der Waals surface area contributed by atoms with E-state index < -0.39 is 0 Å². The fourth-order valence-electron chi connectivity index (χ4n) is 1.20. The van der Waals surface area contributed by atoms with Gasteiger partial charge in [0, 0.05) is 19.7 Å². The van der Waals surface area contributed by atoms with Crippen LogP contribution in [-0.2, 0) is 11.3 Å². The predicted molar refractivity (Wildman–Crippen MR) is 64.8 cm³/mol. The molecule has 1 heterocycles. The zero-order valence-electron chi connectivity index (χ0n) is 8.55. The van der Waals surface area contributed by atoms with Crippen LogP contribution in [0.5, 0.6) is 0 Å². The van der Waals surface area contributed by atoms with Gasteiger partial charge in [0.05, 0.1) is 9.89 Å². The third kappa shape index (κ3) is 4.55. The lowest BCUT2D eigenvalue weighted by atomic mass is 10.3. The van der Waals surface area contributed by atoms with Crippen molar-refractivity contribution >= 4 is 27.3 Å². The Morgan fingerprint density at radius 2 is 2.43 bits per heavy atom. The van der Waals surface area contributed by atoms with Gasteiger partial charge < -0.3 is 10.1 Å². The predicted octanol–water partition coefficient (Wildman–Crippen LogP) is 3.03. The zero-order chi connectivity index (χ0) is 10.4. The molecule has 0 radical (unpaired) electrons. The summed E-state index contributed by atoms with van der Waals surface area (Å²) in [5.41, 5.74) is 1.32. The minimum Gasteiger partial charge on any atom is -0.377 e. The van der Waals surface area contributed by atoms with Gasteiger partial charge in [0.2, 0.25) is 0 Å². The van der Waals surface area contributed by atoms with E-state index in [-0.39, 0.29) is 0 Å². The van der Waals surface area contributed by atoms with E-state index in [4.69, 9.17) is 4.74 Å². The molecule has 1 rings (SSSR count). The molecule has 0 aliphatic carbocycles. The summed E-state index contributed by atoms with van der Waals surface area (Å²) in [4.78, 5) is 0. The average molecular weight is 278 g/mol. The molecule has 0 bridgehead atoms. The van der Waals surface area contributed by atoms with E-state index in [1.807, 2.05) is 6.92 Å². The molecule has 4 heteroatoms. The quantitative estimate of drug-likeness (QED) is 0.863. The van der Waals surface area contributed by atoms with Gasteiger partial charge in [-0.3, -0.25) is 0 Å². The van der Waals surface area contributed by atoms with Crippen molar-refractivity contribution in [3.63, 3.8) is 0 Å². The summed E-state index contributed by atoms with van der Waals surface area (Å²) < 4.78 is 6.60. The Labute approximate surface area is 97.8 Å². The van der Waals surface area contributed by atoms with Gasteiger partial charge in [-0.1, -0.05) is 0 Å². The molecule has 2 nitrogen and oxygen atoms in total. The first-order chi connectivity index (χ1) is 6.72. The summed E-state index contributed by atoms with van der Waals surface area (Å²) in [6, 6.07) is 2.14. The Bertz CT molecular complexity index is 264. The molecule has 0 spiro atoms. The molecule has 0 saturated heterocycles. The van der Waals surface area contributed by atoms with Gasteiger partial charge in [-0.05, 0) is 46.8 Å². The number of hydrogen-bond acceptors (Lipinski definition) is 3. The van der Waals surface area contributed by atoms with Crippen LogP contribution in [0.15, 0.2) is 15.2 Å². The van der Waals surface area contributed by atoms with E-state index in [0.29, 0.717) is 6.10 Å². The molecule has 0 aromatic carbocycles. The van der Waals surface area contributed by atoms with Crippen LogP contribution in [0.2, 0.25) is 0 Å². The maximum Gasteiger partial charge on any atom is 0.0701 e. The lowest BCUT2D eigenvalue weighted by Gasteiger charge is -2.11. The van der Waals surface area contributed by atoms with Gasteiger partial charge in [0.25, 0.3) is 0 Å². The first-order valence-corrected chi connectivity index (χ1v) is 6.45. The SMILES string of the molecule is CCOC(C)CNCc1csc(Br)c1. The van der Waals surface area contributed by atoms with Crippen molar-refractivity contribution in [3.8, 4) is 0 Å². The van der Waals surface area contributed by atoms with Gasteiger partial charge in [-0.2, -0.15) is 0 Å². The van der Waals surface area contributed by atoms with Crippen LogP contribution in [0.25, 0.3) is 0 Å². The molecule has 1 N–H and O–H groups in total. The molecule has 0 aliphatic heterocycles. The molecule has 80 valence electrons. The Morgan fingerprint density at radius 1 is 1.64 bits per heavy atom. The van der Waals surface area contributed by atoms with E-state index in [0.717, 1.165) is 19.7 Å². The summed E-state index contributed by atoms with van der Waals surface area (Å²) in [6.07, 6.45) is 0.294. The van der Waals surface area contributed by atoms with Gasteiger partial charge in [-0.25, -0.2) is 0 Å². The third-order valence-electron chi connectivity index (χ3n) is 1.83. The van der Waals surface area contributed by atoms with E-state index >= 15 is 0 Å². The van der Waals surface area contributed by atoms with Crippen molar-refractivity contribution in [3.05, 3.63) is 20.8 Å². The molecule has 0 fully saturated rings. The van der Waals surface area contributed by atoms with E-state index in [1.165, 1.54) is 9.35 Å². The summed E-state index contributed by atoms with van der Waals surface area (Å²) in [6.45, 7) is 6.71. The largest absolute Gasteiger partial charge is 0.377 e. The Hall–Kier alpha value is 0.100. The molecule has 1 unspecified atom stereocenters. The summed E-state index contributed by atoms with van der Waals surface area (Å²) in [7, 11) is 0. The summed E-state index contributed by atoms with van der Waals surface area (Å²) in [5.74, 6) is 0. The summed E-state index contributed by atoms with van der Waals surface area (Å²) in [5, 5.41) is 5.52. The fourth-order valence-corrected chi connectivity index (χ4v) is 2.41. The number of nitrogens with one attached hydrogen (secondary N) is 1. The minimum absolute atomic E-state index is 0.294. The van der Waals surface area contributed by atoms with Crippen LogP contribution in [0, 0.1) is 0 Å². The molecule has 0 saturated carbocycles. The highest BCUT2D eigenvalue weighted by Crippen LogP contribution is 2.20. The molecule has 14 heavy (non-hydrogen) atoms. The molecule has 0 aliphatic rings. The van der Waals surface area contributed by atoms with Gasteiger partial charge in [0.1, 0.15) is 0 Å². The van der Waals surface area contributed by atoms with Crippen LogP contribution in [0.3, 0.4) is 0 Å². The van der Waals surface area contributed by atoms with Crippen LogP contribution in [-0.4, -0.2) is 19.3 Å². The van der Waals surface area contributed by atoms with Crippen molar-refractivity contribution in [1.29, 1.82) is 0 Å². The second-order valence-corrected chi connectivity index (χ2v) is 5.45. The second-order valence-electron chi connectivity index (χ2n) is 3.16. The molecule has 1 atom stereocenters. The second kappa shape index (κ2) is 6.56. The fraction of sp³-hybridized carbons (Fsp3) is 0.600. The Kier molecular flexibility index (Phi) is 5.70. The number of rotatable bonds is 6. The lowest BCUT2D eigenvalue weighted by molar-refractivity contribution is 0.0759. The highest BCUT2D eigenvalue weighted by atomic mass is 79.9. The van der Waals surface area contributed by atoms with Crippen molar-refractivity contribution < 1.29 is 4.74 Å². The highest BCUT2D eigenvalue weighted by Gasteiger charge is 2.01. The van der Waals surface area contributed by atoms with Crippen LogP contribution < -0.4 is 5.32 Å². The van der Waals surface area contributed by atoms with Crippen molar-refractivity contribution in [1.82, 2.24) is 5.32 Å². The smallest absolute Gasteiger partial charge is 0.0701 e. The molecular formula is C10H16BrNOS. The zero-order valence-corrected chi connectivity index (χ0v) is 11.0. The first kappa shape index (κ1) is 12.2. The molecule has 1 aromatic rings. The standard InChI is InChI=1S/C10H16BrNOS/c1-3-13-8(2)5-12-6-9-4-10(11)14-7-9/h4,7-8,12H,3,5-6H2,1-2H3. The van der Waals surface area contributed by atoms with Gasteiger partial charge >= 0.3 is 0 Å². The maximum atomic E-state index is 5.42. The van der Waals surface area contributed by atoms with Crippen molar-refractivity contribution in [2.24, 2.45) is 0 Å². The van der Waals surface area contributed by atoms with E-state index in [2.05, 4.69) is 39.6 Å². The minimum atomic E-state index is 0.294. The topological polar surface area (TPSA) is 21.3 Å². The lowest BCUT2D eigenvalue weighted by Crippen LogP contribution is -2.26. The molecular weight excluding hydrogens is 262 g/mol. The average Bonchev–Trinajstić information content (AvgIpc) is 2.52. The Balaban J connectivity index is 2.15. The van der Waals surface area contributed by atoms with Crippen LogP contribution in [0.1, 0.15) is 19.4 Å². The van der Waals surface area contributed by atoms with Crippen molar-refractivity contribution in [2.45, 2.75) is 26.5 Å². The third-order valence-corrected chi connectivity index (χ3v) is 3.39. The number of ether oxygens (including phenoxy) is 1. The maximum absolute atomic E-state index is 5.42. The first-order valence-electron chi connectivity index (χ1n) is 4.77. The summed E-state index contributed by atoms with van der Waals surface area (Å²) >= 11 is 5.16. The number of halogens is 1. The van der Waals surface area contributed by atoms with Crippen LogP contribution >= 0.6 is 27.3 Å². The normalized spacial score (nSPS) is 13.1. The number of hydrogen-bond donors (Lipinski definition) is 1. The Morgan fingerprint density at radius 3 is 3.00 bits per heavy atom. The van der Waals surface area contributed by atoms with E-state index in [9.17, 15) is 0 Å². The monoisotopic (exact) mass is 277 g/mol. The van der Waals surface area contributed by atoms with Gasteiger partial charge in [0.15, 0.2) is 0 Å². The molecule has 1 aromatic heterocycles. The van der Waals surface area contributed by atoms with Crippen molar-refractivity contribution in [2.75, 3.05) is 13.2 Å². The van der Waals surface area contributed by atoms with E-state index in [1.54, 1.807) is 11.3 Å². The number of thiophene rings is 1. The van der Waals surface area contributed by atoms with Gasteiger partial charge in [-0.15, -0.1) is 11.3 Å².